The van der Waals surface area contributed by atoms with E-state index < -0.39 is 11.3 Å². The summed E-state index contributed by atoms with van der Waals surface area (Å²) in [5.41, 5.74) is 3.04. The van der Waals surface area contributed by atoms with Crippen LogP contribution >= 0.6 is 11.6 Å². The van der Waals surface area contributed by atoms with Crippen LogP contribution in [0.25, 0.3) is 6.08 Å². The molecule has 1 heterocycles. The van der Waals surface area contributed by atoms with E-state index >= 15 is 0 Å². The summed E-state index contributed by atoms with van der Waals surface area (Å²) in [5, 5.41) is -0.764. The molecule has 0 bridgehead atoms. The zero-order valence-corrected chi connectivity index (χ0v) is 17.7. The van der Waals surface area contributed by atoms with Gasteiger partial charge < -0.3 is 14.4 Å². The van der Waals surface area contributed by atoms with Crippen molar-refractivity contribution < 1.29 is 19.1 Å². The average Bonchev–Trinajstić information content (AvgIpc) is 3.02. The molecule has 1 atom stereocenters. The lowest BCUT2D eigenvalue weighted by molar-refractivity contribution is -0.133. The molecule has 0 radical (unpaired) electrons. The first kappa shape index (κ1) is 20.9. The molecule has 1 aliphatic rings. The first-order valence-electron chi connectivity index (χ1n) is 9.64. The molecule has 5 nitrogen and oxygen atoms in total. The first-order valence-corrected chi connectivity index (χ1v) is 10.1. The maximum atomic E-state index is 12.7. The number of benzene rings is 2. The number of Topliss-reactive ketones (excluding diaryl/α,β-unsaturated/α-hetero) is 1. The number of carbonyl (C=O) groups excluding carboxylic acids is 2. The van der Waals surface area contributed by atoms with E-state index in [1.165, 1.54) is 0 Å². The summed E-state index contributed by atoms with van der Waals surface area (Å²) in [4.78, 5) is 26.8. The number of rotatable bonds is 6. The maximum Gasteiger partial charge on any atom is 0.329 e. The predicted molar refractivity (Wildman–Crippen MR) is 115 cm³/mol. The van der Waals surface area contributed by atoms with E-state index in [9.17, 15) is 9.59 Å². The van der Waals surface area contributed by atoms with Crippen LogP contribution < -0.4 is 14.4 Å². The molecular formula is C23H24ClNO4. The molecule has 29 heavy (non-hydrogen) atoms. The van der Waals surface area contributed by atoms with Crippen molar-refractivity contribution in [1.82, 2.24) is 0 Å². The van der Waals surface area contributed by atoms with E-state index in [1.54, 1.807) is 32.1 Å². The number of hydrogen-bond donors (Lipinski definition) is 0. The van der Waals surface area contributed by atoms with Crippen LogP contribution in [0.2, 0.25) is 0 Å². The van der Waals surface area contributed by atoms with Gasteiger partial charge in [0.2, 0.25) is 5.78 Å². The molecule has 0 saturated heterocycles. The van der Waals surface area contributed by atoms with Gasteiger partial charge in [-0.05, 0) is 63.6 Å². The Morgan fingerprint density at radius 1 is 1.17 bits per heavy atom. The quantitative estimate of drug-likeness (QED) is 0.289. The topological polar surface area (TPSA) is 55.8 Å². The number of halogens is 1. The first-order chi connectivity index (χ1) is 13.8. The molecule has 0 aromatic heterocycles. The van der Waals surface area contributed by atoms with Crippen molar-refractivity contribution in [2.45, 2.75) is 33.1 Å². The molecule has 0 spiro atoms. The normalized spacial score (nSPS) is 15.1. The van der Waals surface area contributed by atoms with Gasteiger partial charge in [0.25, 0.3) is 0 Å². The Morgan fingerprint density at radius 3 is 2.41 bits per heavy atom. The summed E-state index contributed by atoms with van der Waals surface area (Å²) in [6.45, 7) is 9.38. The van der Waals surface area contributed by atoms with E-state index in [4.69, 9.17) is 21.1 Å². The zero-order chi connectivity index (χ0) is 21.1. The number of hydrogen-bond acceptors (Lipinski definition) is 5. The third kappa shape index (κ3) is 4.30. The van der Waals surface area contributed by atoms with Gasteiger partial charge in [0.1, 0.15) is 16.9 Å². The van der Waals surface area contributed by atoms with Crippen LogP contribution in [0.5, 0.6) is 11.5 Å². The molecule has 0 saturated carbocycles. The number of nitrogens with zero attached hydrogens (tertiary/aromatic N) is 1. The summed E-state index contributed by atoms with van der Waals surface area (Å²) in [6, 6.07) is 11.2. The Bertz CT molecular complexity index is 960. The lowest BCUT2D eigenvalue weighted by Gasteiger charge is -2.20. The molecule has 1 aliphatic heterocycles. The van der Waals surface area contributed by atoms with Crippen LogP contribution in [0.4, 0.5) is 5.69 Å². The Labute approximate surface area is 175 Å². The highest BCUT2D eigenvalue weighted by Gasteiger charge is 2.30. The summed E-state index contributed by atoms with van der Waals surface area (Å²) in [6.07, 6.45) is 1.72. The smallest absolute Gasteiger partial charge is 0.329 e. The number of anilines is 1. The molecular weight excluding hydrogens is 390 g/mol. The van der Waals surface area contributed by atoms with Crippen molar-refractivity contribution in [2.75, 3.05) is 18.0 Å². The fourth-order valence-electron chi connectivity index (χ4n) is 3.19. The molecule has 1 unspecified atom stereocenters. The molecule has 152 valence electrons. The minimum Gasteiger partial charge on any atom is -0.452 e. The van der Waals surface area contributed by atoms with Gasteiger partial charge in [0.15, 0.2) is 5.76 Å². The number of alkyl halides is 1. The molecule has 3 rings (SSSR count). The summed E-state index contributed by atoms with van der Waals surface area (Å²) in [5.74, 6) is 0.239. The van der Waals surface area contributed by atoms with Gasteiger partial charge >= 0.3 is 5.97 Å². The number of fused-ring (bicyclic) bond motifs is 1. The zero-order valence-electron chi connectivity index (χ0n) is 17.0. The highest BCUT2D eigenvalue weighted by Crippen LogP contribution is 2.39. The Balaban J connectivity index is 1.85. The van der Waals surface area contributed by atoms with E-state index in [2.05, 4.69) is 18.7 Å². The van der Waals surface area contributed by atoms with Gasteiger partial charge in [0, 0.05) is 24.3 Å². The molecule has 0 amide bonds. The predicted octanol–water partition coefficient (Wildman–Crippen LogP) is 4.99. The van der Waals surface area contributed by atoms with Gasteiger partial charge in [-0.25, -0.2) is 0 Å². The van der Waals surface area contributed by atoms with E-state index in [0.29, 0.717) is 22.6 Å². The Kier molecular flexibility index (Phi) is 6.28. The standard InChI is InChI=1S/C23H24ClNO4/c1-5-25(6-2)17-9-7-16(8-10-17)13-20-21(26)18-11-12-19(14(3)22(18)28-20)29-23(27)15(4)24/h7-13,15H,5-6H2,1-4H3/b20-13-. The van der Waals surface area contributed by atoms with E-state index in [-0.39, 0.29) is 11.5 Å². The fraction of sp³-hybridized carbons (Fsp3) is 0.304. The van der Waals surface area contributed by atoms with Crippen molar-refractivity contribution >= 4 is 35.1 Å². The van der Waals surface area contributed by atoms with Gasteiger partial charge in [-0.15, -0.1) is 11.6 Å². The van der Waals surface area contributed by atoms with Crippen molar-refractivity contribution in [3.8, 4) is 11.5 Å². The van der Waals surface area contributed by atoms with Crippen molar-refractivity contribution in [3.05, 3.63) is 58.8 Å². The number of ether oxygens (including phenoxy) is 2. The Morgan fingerprint density at radius 2 is 1.83 bits per heavy atom. The van der Waals surface area contributed by atoms with Gasteiger partial charge in [-0.2, -0.15) is 0 Å². The molecule has 0 fully saturated rings. The molecule has 2 aromatic rings. The summed E-state index contributed by atoms with van der Waals surface area (Å²) >= 11 is 5.76. The maximum absolute atomic E-state index is 12.7. The van der Waals surface area contributed by atoms with Crippen LogP contribution in [-0.2, 0) is 4.79 Å². The second-order valence-electron chi connectivity index (χ2n) is 6.81. The highest BCUT2D eigenvalue weighted by molar-refractivity contribution is 6.29. The van der Waals surface area contributed by atoms with Gasteiger partial charge in [-0.1, -0.05) is 12.1 Å². The van der Waals surface area contributed by atoms with Gasteiger partial charge in [-0.3, -0.25) is 9.59 Å². The SMILES string of the molecule is CCN(CC)c1ccc(/C=C2\Oc3c(ccc(OC(=O)C(C)Cl)c3C)C2=O)cc1. The number of esters is 1. The minimum absolute atomic E-state index is 0.195. The van der Waals surface area contributed by atoms with Crippen LogP contribution in [0.15, 0.2) is 42.2 Å². The van der Waals surface area contributed by atoms with Crippen molar-refractivity contribution in [2.24, 2.45) is 0 Å². The van der Waals surface area contributed by atoms with E-state index in [1.807, 2.05) is 24.3 Å². The largest absolute Gasteiger partial charge is 0.452 e. The molecule has 0 aliphatic carbocycles. The van der Waals surface area contributed by atoms with Gasteiger partial charge in [0.05, 0.1) is 5.56 Å². The van der Waals surface area contributed by atoms with Crippen LogP contribution in [-0.4, -0.2) is 30.2 Å². The monoisotopic (exact) mass is 413 g/mol. The second kappa shape index (κ2) is 8.70. The van der Waals surface area contributed by atoms with Crippen molar-refractivity contribution in [3.63, 3.8) is 0 Å². The fourth-order valence-corrected chi connectivity index (χ4v) is 3.23. The number of carbonyl (C=O) groups is 2. The summed E-state index contributed by atoms with van der Waals surface area (Å²) < 4.78 is 11.1. The second-order valence-corrected chi connectivity index (χ2v) is 7.46. The van der Waals surface area contributed by atoms with Crippen LogP contribution in [0, 0.1) is 6.92 Å². The molecule has 2 aromatic carbocycles. The molecule has 6 heteroatoms. The lowest BCUT2D eigenvalue weighted by atomic mass is 10.1. The number of allylic oxidation sites excluding steroid dienone is 1. The number of ketones is 1. The summed E-state index contributed by atoms with van der Waals surface area (Å²) in [7, 11) is 0. The molecule has 0 N–H and O–H groups in total. The average molecular weight is 414 g/mol. The van der Waals surface area contributed by atoms with Crippen LogP contribution in [0.3, 0.4) is 0 Å². The third-order valence-electron chi connectivity index (χ3n) is 4.89. The minimum atomic E-state index is -0.764. The van der Waals surface area contributed by atoms with Crippen LogP contribution in [0.1, 0.15) is 42.3 Å². The lowest BCUT2D eigenvalue weighted by Crippen LogP contribution is -2.21. The van der Waals surface area contributed by atoms with E-state index in [0.717, 1.165) is 24.3 Å². The highest BCUT2D eigenvalue weighted by atomic mass is 35.5. The Hall–Kier alpha value is -2.79. The van der Waals surface area contributed by atoms with Crippen molar-refractivity contribution in [1.29, 1.82) is 0 Å². The third-order valence-corrected chi connectivity index (χ3v) is 5.07.